The van der Waals surface area contributed by atoms with Crippen molar-refractivity contribution in [1.29, 1.82) is 0 Å². The quantitative estimate of drug-likeness (QED) is 0.838. The highest BCUT2D eigenvalue weighted by Gasteiger charge is 2.18. The number of carboxylic acid groups (broad SMARTS) is 1. The van der Waals surface area contributed by atoms with Gasteiger partial charge in [0.25, 0.3) is 5.91 Å². The van der Waals surface area contributed by atoms with E-state index in [1.807, 2.05) is 13.8 Å². The van der Waals surface area contributed by atoms with E-state index in [4.69, 9.17) is 5.11 Å². The van der Waals surface area contributed by atoms with E-state index in [-0.39, 0.29) is 18.4 Å². The molecule has 0 spiro atoms. The van der Waals surface area contributed by atoms with Gasteiger partial charge in [-0.3, -0.25) is 14.9 Å². The number of aromatic nitrogens is 5. The highest BCUT2D eigenvalue weighted by molar-refractivity contribution is 6.04. The highest BCUT2D eigenvalue weighted by Crippen LogP contribution is 2.17. The maximum absolute atomic E-state index is 12.3. The predicted octanol–water partition coefficient (Wildman–Crippen LogP) is 0.837. The molecule has 0 aliphatic heterocycles. The van der Waals surface area contributed by atoms with E-state index < -0.39 is 11.9 Å². The third-order valence-corrected chi connectivity index (χ3v) is 2.79. The Morgan fingerprint density at radius 2 is 2.09 bits per heavy atom. The normalized spacial score (nSPS) is 10.7. The lowest BCUT2D eigenvalue weighted by molar-refractivity contribution is -0.137. The van der Waals surface area contributed by atoms with Gasteiger partial charge in [0.1, 0.15) is 18.7 Å². The number of nitrogens with one attached hydrogen (secondary N) is 1. The molecule has 0 saturated heterocycles. The highest BCUT2D eigenvalue weighted by atomic mass is 16.4. The fourth-order valence-corrected chi connectivity index (χ4v) is 1.84. The van der Waals surface area contributed by atoms with Crippen LogP contribution in [0.2, 0.25) is 0 Å². The van der Waals surface area contributed by atoms with Crippen LogP contribution >= 0.6 is 0 Å². The maximum atomic E-state index is 12.3. The number of hydrogen-bond donors (Lipinski definition) is 2. The second-order valence-electron chi connectivity index (χ2n) is 4.98. The molecule has 0 radical (unpaired) electrons. The Labute approximate surface area is 126 Å². The standard InChI is InChI=1S/C13H16N6O3/c1-7(2)11-9(4-14-8(3)16-11)12(22)17-13-15-6-19(18-13)5-10(20)21/h4,6-7H,5H2,1-3H3,(H,20,21)(H,17,18,22). The zero-order chi connectivity index (χ0) is 16.3. The van der Waals surface area contributed by atoms with Gasteiger partial charge in [-0.15, -0.1) is 5.10 Å². The summed E-state index contributed by atoms with van der Waals surface area (Å²) in [5.74, 6) is -0.806. The van der Waals surface area contributed by atoms with Crippen LogP contribution in [0.25, 0.3) is 0 Å². The van der Waals surface area contributed by atoms with E-state index in [1.54, 1.807) is 6.92 Å². The zero-order valence-electron chi connectivity index (χ0n) is 12.4. The molecule has 9 heteroatoms. The summed E-state index contributed by atoms with van der Waals surface area (Å²) in [6.45, 7) is 5.28. The molecule has 0 aliphatic rings. The molecular formula is C13H16N6O3. The number of carboxylic acids is 1. The summed E-state index contributed by atoms with van der Waals surface area (Å²) in [5.41, 5.74) is 0.977. The van der Waals surface area contributed by atoms with Crippen molar-refractivity contribution in [2.45, 2.75) is 33.2 Å². The summed E-state index contributed by atoms with van der Waals surface area (Å²) in [6.07, 6.45) is 2.69. The molecule has 0 atom stereocenters. The number of nitrogens with zero attached hydrogens (tertiary/aromatic N) is 5. The Hall–Kier alpha value is -2.84. The number of rotatable bonds is 5. The van der Waals surface area contributed by atoms with Crippen molar-refractivity contribution in [3.05, 3.63) is 29.6 Å². The molecule has 2 heterocycles. The van der Waals surface area contributed by atoms with Gasteiger partial charge in [-0.2, -0.15) is 0 Å². The summed E-state index contributed by atoms with van der Waals surface area (Å²) in [5, 5.41) is 15.0. The molecule has 2 aromatic rings. The lowest BCUT2D eigenvalue weighted by Crippen LogP contribution is -2.18. The maximum Gasteiger partial charge on any atom is 0.325 e. The summed E-state index contributed by atoms with van der Waals surface area (Å²) in [4.78, 5) is 35.0. The number of hydrogen-bond acceptors (Lipinski definition) is 6. The van der Waals surface area contributed by atoms with Gasteiger partial charge < -0.3 is 5.11 Å². The Kier molecular flexibility index (Phi) is 4.44. The summed E-state index contributed by atoms with van der Waals surface area (Å²) in [7, 11) is 0. The van der Waals surface area contributed by atoms with Crippen LogP contribution in [-0.4, -0.2) is 41.7 Å². The molecule has 0 aliphatic carbocycles. The minimum atomic E-state index is -1.04. The van der Waals surface area contributed by atoms with Crippen molar-refractivity contribution in [1.82, 2.24) is 24.7 Å². The summed E-state index contributed by atoms with van der Waals surface area (Å²) >= 11 is 0. The van der Waals surface area contributed by atoms with E-state index in [9.17, 15) is 9.59 Å². The summed E-state index contributed by atoms with van der Waals surface area (Å²) < 4.78 is 1.12. The van der Waals surface area contributed by atoms with Crippen molar-refractivity contribution in [2.75, 3.05) is 5.32 Å². The van der Waals surface area contributed by atoms with Gasteiger partial charge in [-0.1, -0.05) is 13.8 Å². The Morgan fingerprint density at radius 1 is 1.36 bits per heavy atom. The van der Waals surface area contributed by atoms with E-state index >= 15 is 0 Å². The molecule has 0 aromatic carbocycles. The van der Waals surface area contributed by atoms with Crippen LogP contribution in [0.3, 0.4) is 0 Å². The van der Waals surface area contributed by atoms with Crippen molar-refractivity contribution in [3.8, 4) is 0 Å². The third-order valence-electron chi connectivity index (χ3n) is 2.79. The molecule has 2 rings (SSSR count). The molecule has 0 unspecified atom stereocenters. The number of anilines is 1. The molecule has 22 heavy (non-hydrogen) atoms. The molecule has 0 fully saturated rings. The van der Waals surface area contributed by atoms with Crippen LogP contribution in [0.4, 0.5) is 5.95 Å². The first-order valence-corrected chi connectivity index (χ1v) is 6.63. The Balaban J connectivity index is 2.19. The van der Waals surface area contributed by atoms with Crippen LogP contribution in [0.15, 0.2) is 12.5 Å². The number of aryl methyl sites for hydroxylation is 1. The van der Waals surface area contributed by atoms with Gasteiger partial charge in [0.05, 0.1) is 11.3 Å². The number of amides is 1. The Morgan fingerprint density at radius 3 is 2.73 bits per heavy atom. The first kappa shape index (κ1) is 15.5. The fraction of sp³-hybridized carbons (Fsp3) is 0.385. The molecular weight excluding hydrogens is 288 g/mol. The molecule has 116 valence electrons. The Bertz CT molecular complexity index is 710. The number of carbonyl (C=O) groups excluding carboxylic acids is 1. The van der Waals surface area contributed by atoms with E-state index in [2.05, 4.69) is 25.4 Å². The average Bonchev–Trinajstić information content (AvgIpc) is 2.84. The van der Waals surface area contributed by atoms with Crippen molar-refractivity contribution in [2.24, 2.45) is 0 Å². The smallest absolute Gasteiger partial charge is 0.325 e. The van der Waals surface area contributed by atoms with Gasteiger partial charge in [-0.05, 0) is 12.8 Å². The largest absolute Gasteiger partial charge is 0.480 e. The monoisotopic (exact) mass is 304 g/mol. The van der Waals surface area contributed by atoms with Crippen LogP contribution in [0.1, 0.15) is 41.6 Å². The van der Waals surface area contributed by atoms with Gasteiger partial charge in [-0.25, -0.2) is 19.6 Å². The molecule has 9 nitrogen and oxygen atoms in total. The van der Waals surface area contributed by atoms with Crippen LogP contribution in [0.5, 0.6) is 0 Å². The van der Waals surface area contributed by atoms with Crippen molar-refractivity contribution >= 4 is 17.8 Å². The lowest BCUT2D eigenvalue weighted by Gasteiger charge is -2.10. The van der Waals surface area contributed by atoms with Crippen molar-refractivity contribution in [3.63, 3.8) is 0 Å². The lowest BCUT2D eigenvalue weighted by atomic mass is 10.0. The van der Waals surface area contributed by atoms with Crippen LogP contribution in [-0.2, 0) is 11.3 Å². The van der Waals surface area contributed by atoms with Gasteiger partial charge >= 0.3 is 5.97 Å². The van der Waals surface area contributed by atoms with E-state index in [0.29, 0.717) is 17.1 Å². The predicted molar refractivity (Wildman–Crippen MR) is 76.5 cm³/mol. The minimum absolute atomic E-state index is 0.0292. The van der Waals surface area contributed by atoms with Gasteiger partial charge in [0.2, 0.25) is 5.95 Å². The zero-order valence-corrected chi connectivity index (χ0v) is 12.4. The molecule has 2 aromatic heterocycles. The van der Waals surface area contributed by atoms with Gasteiger partial charge in [0.15, 0.2) is 0 Å². The first-order chi connectivity index (χ1) is 10.4. The molecule has 0 saturated carbocycles. The SMILES string of the molecule is Cc1ncc(C(=O)Nc2ncn(CC(=O)O)n2)c(C(C)C)n1. The molecule has 0 bridgehead atoms. The molecule has 1 amide bonds. The van der Waals surface area contributed by atoms with Gasteiger partial charge in [0, 0.05) is 6.20 Å². The topological polar surface area (TPSA) is 123 Å². The number of carbonyl (C=O) groups is 2. The van der Waals surface area contributed by atoms with Crippen molar-refractivity contribution < 1.29 is 14.7 Å². The minimum Gasteiger partial charge on any atom is -0.480 e. The second kappa shape index (κ2) is 6.29. The third kappa shape index (κ3) is 3.62. The summed E-state index contributed by atoms with van der Waals surface area (Å²) in [6, 6.07) is 0. The molecule has 2 N–H and O–H groups in total. The second-order valence-corrected chi connectivity index (χ2v) is 4.98. The van der Waals surface area contributed by atoms with E-state index in [0.717, 1.165) is 4.68 Å². The van der Waals surface area contributed by atoms with Crippen LogP contribution < -0.4 is 5.32 Å². The van der Waals surface area contributed by atoms with Crippen LogP contribution in [0, 0.1) is 6.92 Å². The average molecular weight is 304 g/mol. The van der Waals surface area contributed by atoms with E-state index in [1.165, 1.54) is 12.5 Å². The number of aliphatic carboxylic acids is 1. The fourth-order valence-electron chi connectivity index (χ4n) is 1.84. The first-order valence-electron chi connectivity index (χ1n) is 6.63.